The first-order valence-corrected chi connectivity index (χ1v) is 7.57. The summed E-state index contributed by atoms with van der Waals surface area (Å²) in [5.74, 6) is 0.762. The Kier molecular flexibility index (Phi) is 3.74. The molecule has 0 aromatic heterocycles. The molecule has 0 radical (unpaired) electrons. The molecule has 1 aliphatic heterocycles. The van der Waals surface area contributed by atoms with E-state index < -0.39 is 0 Å². The number of alkyl halides is 1. The van der Waals surface area contributed by atoms with Crippen LogP contribution < -0.4 is 10.1 Å². The van der Waals surface area contributed by atoms with Gasteiger partial charge < -0.3 is 10.1 Å². The number of benzene rings is 2. The molecular formula is C16H14BrNO2. The van der Waals surface area contributed by atoms with Crippen LogP contribution in [0.2, 0.25) is 0 Å². The van der Waals surface area contributed by atoms with Gasteiger partial charge in [0, 0.05) is 23.0 Å². The predicted molar refractivity (Wildman–Crippen MR) is 81.0 cm³/mol. The molecule has 0 saturated heterocycles. The molecule has 0 bridgehead atoms. The summed E-state index contributed by atoms with van der Waals surface area (Å²) in [6.07, 6.45) is 0. The molecule has 2 aromatic carbocycles. The Morgan fingerprint density at radius 2 is 1.85 bits per heavy atom. The molecule has 0 aliphatic carbocycles. The molecule has 102 valence electrons. The van der Waals surface area contributed by atoms with E-state index in [1.54, 1.807) is 0 Å². The maximum Gasteiger partial charge on any atom is 0.252 e. The minimum atomic E-state index is -0.0212. The number of amides is 1. The molecule has 0 fully saturated rings. The summed E-state index contributed by atoms with van der Waals surface area (Å²) in [4.78, 5) is 11.6. The molecule has 1 aliphatic rings. The van der Waals surface area contributed by atoms with Crippen LogP contribution in [0, 0.1) is 0 Å². The van der Waals surface area contributed by atoms with E-state index in [1.807, 2.05) is 18.2 Å². The van der Waals surface area contributed by atoms with Crippen LogP contribution in [0.5, 0.6) is 5.75 Å². The molecule has 4 heteroatoms. The van der Waals surface area contributed by atoms with E-state index in [1.165, 1.54) is 5.56 Å². The van der Waals surface area contributed by atoms with Crippen molar-refractivity contribution >= 4 is 21.8 Å². The molecular weight excluding hydrogens is 318 g/mol. The fourth-order valence-corrected chi connectivity index (χ4v) is 2.62. The average molecular weight is 332 g/mol. The maximum absolute atomic E-state index is 11.6. The lowest BCUT2D eigenvalue weighted by Gasteiger charge is -2.10. The van der Waals surface area contributed by atoms with Gasteiger partial charge in [-0.15, -0.1) is 0 Å². The number of carbonyl (C=O) groups excluding carboxylic acids is 1. The van der Waals surface area contributed by atoms with Gasteiger partial charge in [0.25, 0.3) is 5.91 Å². The van der Waals surface area contributed by atoms with Gasteiger partial charge in [-0.05, 0) is 23.3 Å². The van der Waals surface area contributed by atoms with Crippen LogP contribution in [0.3, 0.4) is 0 Å². The SMILES string of the molecule is O=C1NCc2c(OCc3ccc(CBr)cc3)cccc21. The third-order valence-corrected chi connectivity index (χ3v) is 4.02. The molecule has 3 nitrogen and oxygen atoms in total. The standard InChI is InChI=1S/C16H14BrNO2/c17-8-11-4-6-12(7-5-11)10-20-15-3-1-2-13-14(15)9-18-16(13)19/h1-7H,8-10H2,(H,18,19). The minimum absolute atomic E-state index is 0.0212. The molecule has 0 atom stereocenters. The zero-order valence-corrected chi connectivity index (χ0v) is 12.4. The number of fused-ring (bicyclic) bond motifs is 1. The van der Waals surface area contributed by atoms with E-state index in [2.05, 4.69) is 45.5 Å². The van der Waals surface area contributed by atoms with Crippen molar-refractivity contribution in [3.63, 3.8) is 0 Å². The molecule has 20 heavy (non-hydrogen) atoms. The van der Waals surface area contributed by atoms with Crippen molar-refractivity contribution in [1.29, 1.82) is 0 Å². The third kappa shape index (κ3) is 2.56. The Morgan fingerprint density at radius 3 is 2.60 bits per heavy atom. The predicted octanol–water partition coefficient (Wildman–Crippen LogP) is 3.40. The summed E-state index contributed by atoms with van der Waals surface area (Å²) in [6, 6.07) is 13.9. The number of carbonyl (C=O) groups is 1. The zero-order valence-electron chi connectivity index (χ0n) is 10.9. The molecule has 1 amide bonds. The summed E-state index contributed by atoms with van der Waals surface area (Å²) < 4.78 is 5.85. The number of halogens is 1. The fraction of sp³-hybridized carbons (Fsp3) is 0.188. The number of rotatable bonds is 4. The molecule has 0 unspecified atom stereocenters. The highest BCUT2D eigenvalue weighted by Gasteiger charge is 2.21. The second-order valence-corrected chi connectivity index (χ2v) is 5.26. The molecule has 2 aromatic rings. The van der Waals surface area contributed by atoms with Gasteiger partial charge >= 0.3 is 0 Å². The first-order valence-electron chi connectivity index (χ1n) is 6.44. The third-order valence-electron chi connectivity index (χ3n) is 3.38. The van der Waals surface area contributed by atoms with Crippen molar-refractivity contribution in [2.24, 2.45) is 0 Å². The van der Waals surface area contributed by atoms with Crippen molar-refractivity contribution in [2.75, 3.05) is 0 Å². The highest BCUT2D eigenvalue weighted by atomic mass is 79.9. The second-order valence-electron chi connectivity index (χ2n) is 4.70. The van der Waals surface area contributed by atoms with Crippen molar-refractivity contribution < 1.29 is 9.53 Å². The van der Waals surface area contributed by atoms with Crippen LogP contribution in [0.4, 0.5) is 0 Å². The van der Waals surface area contributed by atoms with E-state index in [0.29, 0.717) is 13.2 Å². The number of hydrogen-bond acceptors (Lipinski definition) is 2. The minimum Gasteiger partial charge on any atom is -0.489 e. The summed E-state index contributed by atoms with van der Waals surface area (Å²) in [5.41, 5.74) is 4.03. The normalized spacial score (nSPS) is 12.9. The summed E-state index contributed by atoms with van der Waals surface area (Å²) in [5, 5.41) is 3.67. The lowest BCUT2D eigenvalue weighted by Crippen LogP contribution is -2.12. The van der Waals surface area contributed by atoms with Gasteiger partial charge in [0.1, 0.15) is 12.4 Å². The van der Waals surface area contributed by atoms with E-state index in [4.69, 9.17) is 4.74 Å². The first kappa shape index (κ1) is 13.2. The van der Waals surface area contributed by atoms with Gasteiger partial charge in [-0.25, -0.2) is 0 Å². The van der Waals surface area contributed by atoms with Crippen LogP contribution in [-0.4, -0.2) is 5.91 Å². The van der Waals surface area contributed by atoms with Crippen LogP contribution in [-0.2, 0) is 18.5 Å². The van der Waals surface area contributed by atoms with Crippen LogP contribution in [0.25, 0.3) is 0 Å². The Bertz CT molecular complexity index is 637. The Balaban J connectivity index is 1.74. The highest BCUT2D eigenvalue weighted by molar-refractivity contribution is 9.08. The molecule has 0 saturated carbocycles. The van der Waals surface area contributed by atoms with E-state index in [9.17, 15) is 4.79 Å². The Labute approximate surface area is 126 Å². The lowest BCUT2D eigenvalue weighted by molar-refractivity contribution is 0.0966. The number of nitrogens with one attached hydrogen (secondary N) is 1. The van der Waals surface area contributed by atoms with Gasteiger partial charge in [0.2, 0.25) is 0 Å². The zero-order chi connectivity index (χ0) is 13.9. The smallest absolute Gasteiger partial charge is 0.252 e. The highest BCUT2D eigenvalue weighted by Crippen LogP contribution is 2.26. The van der Waals surface area contributed by atoms with Crippen molar-refractivity contribution in [1.82, 2.24) is 5.32 Å². The Hall–Kier alpha value is -1.81. The average Bonchev–Trinajstić information content (AvgIpc) is 2.88. The number of hydrogen-bond donors (Lipinski definition) is 1. The fourth-order valence-electron chi connectivity index (χ4n) is 2.25. The van der Waals surface area contributed by atoms with Gasteiger partial charge in [-0.3, -0.25) is 4.79 Å². The second kappa shape index (κ2) is 5.67. The lowest BCUT2D eigenvalue weighted by atomic mass is 10.1. The molecule has 1 heterocycles. The van der Waals surface area contributed by atoms with E-state index >= 15 is 0 Å². The summed E-state index contributed by atoms with van der Waals surface area (Å²) >= 11 is 3.43. The van der Waals surface area contributed by atoms with Crippen molar-refractivity contribution in [2.45, 2.75) is 18.5 Å². The maximum atomic E-state index is 11.6. The molecule has 0 spiro atoms. The van der Waals surface area contributed by atoms with Crippen molar-refractivity contribution in [3.05, 3.63) is 64.7 Å². The van der Waals surface area contributed by atoms with E-state index in [0.717, 1.165) is 27.8 Å². The Morgan fingerprint density at radius 1 is 1.10 bits per heavy atom. The number of ether oxygens (including phenoxy) is 1. The van der Waals surface area contributed by atoms with Crippen LogP contribution in [0.15, 0.2) is 42.5 Å². The summed E-state index contributed by atoms with van der Waals surface area (Å²) in [7, 11) is 0. The molecule has 3 rings (SSSR count). The summed E-state index contributed by atoms with van der Waals surface area (Å²) in [6.45, 7) is 1.06. The van der Waals surface area contributed by atoms with E-state index in [-0.39, 0.29) is 5.91 Å². The van der Waals surface area contributed by atoms with Crippen LogP contribution >= 0.6 is 15.9 Å². The molecule has 1 N–H and O–H groups in total. The van der Waals surface area contributed by atoms with Gasteiger partial charge in [-0.2, -0.15) is 0 Å². The van der Waals surface area contributed by atoms with Gasteiger partial charge in [-0.1, -0.05) is 46.3 Å². The van der Waals surface area contributed by atoms with Gasteiger partial charge in [0.05, 0.1) is 0 Å². The quantitative estimate of drug-likeness (QED) is 0.872. The first-order chi connectivity index (χ1) is 9.78. The van der Waals surface area contributed by atoms with Gasteiger partial charge in [0.15, 0.2) is 0 Å². The largest absolute Gasteiger partial charge is 0.489 e. The van der Waals surface area contributed by atoms with Crippen LogP contribution in [0.1, 0.15) is 27.0 Å². The van der Waals surface area contributed by atoms with Crippen molar-refractivity contribution in [3.8, 4) is 5.75 Å². The monoisotopic (exact) mass is 331 g/mol. The topological polar surface area (TPSA) is 38.3 Å².